The number of hydrogen-bond donors (Lipinski definition) is 2. The van der Waals surface area contributed by atoms with Crippen molar-refractivity contribution in [1.82, 2.24) is 0 Å². The second-order valence-electron chi connectivity index (χ2n) is 5.70. The summed E-state index contributed by atoms with van der Waals surface area (Å²) < 4.78 is 0. The van der Waals surface area contributed by atoms with E-state index in [0.717, 1.165) is 5.69 Å². The molecule has 0 aliphatic carbocycles. The summed E-state index contributed by atoms with van der Waals surface area (Å²) in [6, 6.07) is 23.3. The number of carbonyl (C=O) groups excluding carboxylic acids is 2. The number of amides is 1. The van der Waals surface area contributed by atoms with E-state index in [1.807, 2.05) is 48.5 Å². The molecule has 0 saturated carbocycles. The fourth-order valence-corrected chi connectivity index (χ4v) is 2.55. The number of anilines is 2. The molecule has 1 amide bonds. The molecule has 3 N–H and O–H groups in total. The van der Waals surface area contributed by atoms with Crippen molar-refractivity contribution >= 4 is 23.1 Å². The van der Waals surface area contributed by atoms with Crippen molar-refractivity contribution in [1.29, 1.82) is 0 Å². The molecule has 3 aromatic carbocycles. The first-order valence-electron chi connectivity index (χ1n) is 7.96. The van der Waals surface area contributed by atoms with Crippen LogP contribution in [0.15, 0.2) is 78.9 Å². The van der Waals surface area contributed by atoms with Gasteiger partial charge in [-0.2, -0.15) is 0 Å². The van der Waals surface area contributed by atoms with Crippen molar-refractivity contribution in [3.05, 3.63) is 95.6 Å². The minimum Gasteiger partial charge on any atom is -0.398 e. The number of benzene rings is 3. The minimum absolute atomic E-state index is 0.0902. The molecule has 4 nitrogen and oxygen atoms in total. The van der Waals surface area contributed by atoms with Crippen LogP contribution in [0.2, 0.25) is 0 Å². The van der Waals surface area contributed by atoms with E-state index < -0.39 is 0 Å². The van der Waals surface area contributed by atoms with Gasteiger partial charge in [-0.3, -0.25) is 9.59 Å². The van der Waals surface area contributed by atoms with Crippen LogP contribution in [-0.4, -0.2) is 11.7 Å². The Hall–Kier alpha value is -3.40. The van der Waals surface area contributed by atoms with Crippen molar-refractivity contribution in [3.63, 3.8) is 0 Å². The molecule has 4 heteroatoms. The lowest BCUT2D eigenvalue weighted by atomic mass is 9.99. The third-order valence-electron chi connectivity index (χ3n) is 3.85. The monoisotopic (exact) mass is 330 g/mol. The molecule has 124 valence electrons. The first-order valence-corrected chi connectivity index (χ1v) is 7.96. The fourth-order valence-electron chi connectivity index (χ4n) is 2.55. The number of para-hydroxylation sites is 1. The van der Waals surface area contributed by atoms with Gasteiger partial charge in [0.1, 0.15) is 0 Å². The van der Waals surface area contributed by atoms with Gasteiger partial charge in [0.25, 0.3) is 0 Å². The maximum absolute atomic E-state index is 12.4. The van der Waals surface area contributed by atoms with Crippen molar-refractivity contribution in [2.75, 3.05) is 11.1 Å². The van der Waals surface area contributed by atoms with E-state index in [4.69, 9.17) is 5.73 Å². The van der Waals surface area contributed by atoms with Crippen LogP contribution in [0, 0.1) is 0 Å². The number of nitrogens with one attached hydrogen (secondary N) is 1. The lowest BCUT2D eigenvalue weighted by molar-refractivity contribution is -0.115. The number of nitrogen functional groups attached to an aromatic ring is 1. The predicted octanol–water partition coefficient (Wildman–Crippen LogP) is 3.68. The number of carbonyl (C=O) groups is 2. The van der Waals surface area contributed by atoms with Crippen LogP contribution in [0.4, 0.5) is 11.4 Å². The maximum atomic E-state index is 12.4. The molecule has 0 aromatic heterocycles. The zero-order valence-corrected chi connectivity index (χ0v) is 13.6. The number of hydrogen-bond acceptors (Lipinski definition) is 3. The lowest BCUT2D eigenvalue weighted by Crippen LogP contribution is -2.15. The largest absolute Gasteiger partial charge is 0.398 e. The molecule has 0 bridgehead atoms. The smallest absolute Gasteiger partial charge is 0.228 e. The minimum atomic E-state index is -0.153. The molecular formula is C21H18N2O2. The molecule has 0 aliphatic heterocycles. The van der Waals surface area contributed by atoms with Gasteiger partial charge in [-0.05, 0) is 23.8 Å². The highest BCUT2D eigenvalue weighted by Crippen LogP contribution is 2.18. The van der Waals surface area contributed by atoms with Crippen LogP contribution in [0.5, 0.6) is 0 Å². The Kier molecular flexibility index (Phi) is 4.90. The molecule has 0 radical (unpaired) electrons. The quantitative estimate of drug-likeness (QED) is 0.554. The van der Waals surface area contributed by atoms with Crippen LogP contribution in [0.1, 0.15) is 21.5 Å². The Morgan fingerprint density at radius 2 is 1.44 bits per heavy atom. The van der Waals surface area contributed by atoms with Crippen LogP contribution < -0.4 is 11.1 Å². The van der Waals surface area contributed by atoms with Crippen molar-refractivity contribution in [2.24, 2.45) is 0 Å². The summed E-state index contributed by atoms with van der Waals surface area (Å²) >= 11 is 0. The summed E-state index contributed by atoms with van der Waals surface area (Å²) in [6.45, 7) is 0. The normalized spacial score (nSPS) is 10.2. The number of ketones is 1. The third-order valence-corrected chi connectivity index (χ3v) is 3.85. The van der Waals surface area contributed by atoms with Gasteiger partial charge in [0.2, 0.25) is 5.91 Å². The highest BCUT2D eigenvalue weighted by atomic mass is 16.1. The standard InChI is InChI=1S/C21H18N2O2/c22-19-13-17(21(25)15-7-3-1-4-8-15)12-11-16(19)14-20(24)23-18-9-5-2-6-10-18/h1-13H,14,22H2,(H,23,24). The molecule has 0 heterocycles. The van der Waals surface area contributed by atoms with E-state index in [9.17, 15) is 9.59 Å². The van der Waals surface area contributed by atoms with Gasteiger partial charge in [-0.1, -0.05) is 60.7 Å². The SMILES string of the molecule is Nc1cc(C(=O)c2ccccc2)ccc1CC(=O)Nc1ccccc1. The molecule has 0 unspecified atom stereocenters. The molecular weight excluding hydrogens is 312 g/mol. The zero-order chi connectivity index (χ0) is 17.6. The van der Waals surface area contributed by atoms with Crippen molar-refractivity contribution < 1.29 is 9.59 Å². The molecule has 0 spiro atoms. The van der Waals surface area contributed by atoms with Gasteiger partial charge in [-0.25, -0.2) is 0 Å². The van der Waals surface area contributed by atoms with Crippen molar-refractivity contribution in [2.45, 2.75) is 6.42 Å². The first kappa shape index (κ1) is 16.5. The van der Waals surface area contributed by atoms with Gasteiger partial charge >= 0.3 is 0 Å². The summed E-state index contributed by atoms with van der Waals surface area (Å²) in [5.74, 6) is -0.243. The molecule has 3 rings (SSSR count). The molecule has 0 saturated heterocycles. The Morgan fingerprint density at radius 1 is 0.800 bits per heavy atom. The molecule has 3 aromatic rings. The highest BCUT2D eigenvalue weighted by molar-refractivity contribution is 6.09. The topological polar surface area (TPSA) is 72.2 Å². The lowest BCUT2D eigenvalue weighted by Gasteiger charge is -2.09. The predicted molar refractivity (Wildman–Crippen MR) is 99.5 cm³/mol. The number of nitrogens with two attached hydrogens (primary N) is 1. The van der Waals surface area contributed by atoms with Gasteiger partial charge in [0.15, 0.2) is 5.78 Å². The Labute approximate surface area is 146 Å². The van der Waals surface area contributed by atoms with Gasteiger partial charge in [0.05, 0.1) is 6.42 Å². The summed E-state index contributed by atoms with van der Waals surface area (Å²) in [5.41, 5.74) is 9.03. The number of rotatable bonds is 5. The van der Waals surface area contributed by atoms with E-state index in [1.54, 1.807) is 30.3 Å². The highest BCUT2D eigenvalue weighted by Gasteiger charge is 2.12. The average molecular weight is 330 g/mol. The van der Waals surface area contributed by atoms with Crippen LogP contribution in [0.25, 0.3) is 0 Å². The molecule has 0 aliphatic rings. The zero-order valence-electron chi connectivity index (χ0n) is 13.6. The van der Waals surface area contributed by atoms with E-state index in [2.05, 4.69) is 5.32 Å². The third kappa shape index (κ3) is 4.12. The summed E-state index contributed by atoms with van der Waals surface area (Å²) in [6.07, 6.45) is 0.153. The van der Waals surface area contributed by atoms with Crippen LogP contribution in [0.3, 0.4) is 0 Å². The van der Waals surface area contributed by atoms with Gasteiger partial charge in [0, 0.05) is 22.5 Å². The molecule has 25 heavy (non-hydrogen) atoms. The first-order chi connectivity index (χ1) is 12.1. The van der Waals surface area contributed by atoms with Gasteiger partial charge in [-0.15, -0.1) is 0 Å². The fraction of sp³-hybridized carbons (Fsp3) is 0.0476. The van der Waals surface area contributed by atoms with E-state index in [-0.39, 0.29) is 18.1 Å². The average Bonchev–Trinajstić information content (AvgIpc) is 2.64. The summed E-state index contributed by atoms with van der Waals surface area (Å²) in [5, 5.41) is 2.82. The second-order valence-corrected chi connectivity index (χ2v) is 5.70. The summed E-state index contributed by atoms with van der Waals surface area (Å²) in [7, 11) is 0. The van der Waals surface area contributed by atoms with Crippen LogP contribution >= 0.6 is 0 Å². The second kappa shape index (κ2) is 7.45. The van der Waals surface area contributed by atoms with Crippen LogP contribution in [-0.2, 0) is 11.2 Å². The molecule has 0 fully saturated rings. The van der Waals surface area contributed by atoms with Gasteiger partial charge < -0.3 is 11.1 Å². The van der Waals surface area contributed by atoms with E-state index >= 15 is 0 Å². The van der Waals surface area contributed by atoms with E-state index in [0.29, 0.717) is 22.4 Å². The summed E-state index contributed by atoms with van der Waals surface area (Å²) in [4.78, 5) is 24.6. The van der Waals surface area contributed by atoms with Crippen molar-refractivity contribution in [3.8, 4) is 0 Å². The Bertz CT molecular complexity index is 890. The molecule has 0 atom stereocenters. The van der Waals surface area contributed by atoms with E-state index in [1.165, 1.54) is 0 Å². The maximum Gasteiger partial charge on any atom is 0.228 e. The Balaban J connectivity index is 1.72. The Morgan fingerprint density at radius 3 is 2.08 bits per heavy atom.